The number of hydrogen-bond acceptors (Lipinski definition) is 5. The molecule has 0 aliphatic carbocycles. The topological polar surface area (TPSA) is 73.2 Å². The van der Waals surface area contributed by atoms with Gasteiger partial charge in [0.25, 0.3) is 0 Å². The number of halogens is 1. The molecule has 0 spiro atoms. The summed E-state index contributed by atoms with van der Waals surface area (Å²) in [4.78, 5) is 27.7. The molecule has 0 aliphatic heterocycles. The second-order valence-corrected chi connectivity index (χ2v) is 7.53. The van der Waals surface area contributed by atoms with Crippen molar-refractivity contribution in [2.75, 3.05) is 19.4 Å². The number of carbonyl (C=O) groups excluding carboxylic acids is 2. The highest BCUT2D eigenvalue weighted by Crippen LogP contribution is 2.28. The smallest absolute Gasteiger partial charge is 0.325 e. The molecule has 6 nitrogen and oxygen atoms in total. The van der Waals surface area contributed by atoms with Gasteiger partial charge in [-0.25, -0.2) is 4.98 Å². The van der Waals surface area contributed by atoms with Gasteiger partial charge in [0.15, 0.2) is 5.16 Å². The number of amides is 1. The Kier molecular flexibility index (Phi) is 7.32. The fourth-order valence-corrected chi connectivity index (χ4v) is 3.60. The van der Waals surface area contributed by atoms with Crippen molar-refractivity contribution in [2.24, 2.45) is 0 Å². The Morgan fingerprint density at radius 2 is 1.86 bits per heavy atom. The predicted octanol–water partition coefficient (Wildman–Crippen LogP) is 3.63. The van der Waals surface area contributed by atoms with Gasteiger partial charge in [0.2, 0.25) is 5.91 Å². The third-order valence-corrected chi connectivity index (χ3v) is 5.37. The molecule has 0 bridgehead atoms. The van der Waals surface area contributed by atoms with E-state index in [-0.39, 0.29) is 18.2 Å². The number of esters is 1. The highest BCUT2D eigenvalue weighted by molar-refractivity contribution is 7.99. The van der Waals surface area contributed by atoms with Crippen LogP contribution >= 0.6 is 23.4 Å². The molecular weight excluding hydrogens is 410 g/mol. The molecule has 0 fully saturated rings. The Labute approximate surface area is 178 Å². The van der Waals surface area contributed by atoms with Gasteiger partial charge in [-0.3, -0.25) is 9.59 Å². The SMILES string of the molecule is COC(=O)CNC(=O)CSc1ncc(-c2ccc(Cl)cc2)n1Cc1ccccc1. The lowest BCUT2D eigenvalue weighted by molar-refractivity contribution is -0.140. The van der Waals surface area contributed by atoms with Crippen molar-refractivity contribution in [1.82, 2.24) is 14.9 Å². The maximum Gasteiger partial charge on any atom is 0.325 e. The molecule has 2 aromatic carbocycles. The van der Waals surface area contributed by atoms with Crippen molar-refractivity contribution in [2.45, 2.75) is 11.7 Å². The summed E-state index contributed by atoms with van der Waals surface area (Å²) in [6.45, 7) is 0.468. The summed E-state index contributed by atoms with van der Waals surface area (Å²) in [6, 6.07) is 17.6. The van der Waals surface area contributed by atoms with Gasteiger partial charge in [0.1, 0.15) is 6.54 Å². The number of aromatic nitrogens is 2. The van der Waals surface area contributed by atoms with Crippen LogP contribution in [0.5, 0.6) is 0 Å². The van der Waals surface area contributed by atoms with Crippen molar-refractivity contribution in [3.63, 3.8) is 0 Å². The van der Waals surface area contributed by atoms with Crippen LogP contribution in [0.4, 0.5) is 0 Å². The number of methoxy groups -OCH3 is 1. The fourth-order valence-electron chi connectivity index (χ4n) is 2.67. The molecule has 0 saturated heterocycles. The lowest BCUT2D eigenvalue weighted by Crippen LogP contribution is -2.31. The van der Waals surface area contributed by atoms with E-state index in [1.165, 1.54) is 18.9 Å². The summed E-state index contributed by atoms with van der Waals surface area (Å²) in [5, 5.41) is 3.91. The van der Waals surface area contributed by atoms with Crippen LogP contribution in [0.3, 0.4) is 0 Å². The average Bonchev–Trinajstić information content (AvgIpc) is 3.14. The van der Waals surface area contributed by atoms with Gasteiger partial charge >= 0.3 is 5.97 Å². The van der Waals surface area contributed by atoms with Crippen LogP contribution in [0.25, 0.3) is 11.3 Å². The van der Waals surface area contributed by atoms with Gasteiger partial charge in [0.05, 0.1) is 31.3 Å². The first-order chi connectivity index (χ1) is 14.1. The van der Waals surface area contributed by atoms with Crippen molar-refractivity contribution in [1.29, 1.82) is 0 Å². The number of benzene rings is 2. The van der Waals surface area contributed by atoms with Crippen LogP contribution in [0, 0.1) is 0 Å². The van der Waals surface area contributed by atoms with E-state index in [0.29, 0.717) is 16.7 Å². The lowest BCUT2D eigenvalue weighted by atomic mass is 10.1. The first kappa shape index (κ1) is 21.0. The number of carbonyl (C=O) groups is 2. The number of rotatable bonds is 8. The zero-order chi connectivity index (χ0) is 20.6. The van der Waals surface area contributed by atoms with Gasteiger partial charge in [-0.05, 0) is 23.3 Å². The molecule has 0 saturated carbocycles. The van der Waals surface area contributed by atoms with E-state index >= 15 is 0 Å². The highest BCUT2D eigenvalue weighted by atomic mass is 35.5. The molecule has 1 heterocycles. The third kappa shape index (κ3) is 5.85. The summed E-state index contributed by atoms with van der Waals surface area (Å²) in [5.74, 6) is -0.607. The van der Waals surface area contributed by atoms with E-state index in [4.69, 9.17) is 11.6 Å². The van der Waals surface area contributed by atoms with Crippen LogP contribution in [0.15, 0.2) is 66.0 Å². The minimum atomic E-state index is -0.487. The summed E-state index contributed by atoms with van der Waals surface area (Å²) >= 11 is 7.33. The Hall–Kier alpha value is -2.77. The molecular formula is C21H20ClN3O3S. The molecule has 1 N–H and O–H groups in total. The molecule has 0 radical (unpaired) electrons. The second kappa shape index (κ2) is 10.1. The minimum absolute atomic E-state index is 0.142. The van der Waals surface area contributed by atoms with E-state index < -0.39 is 5.97 Å². The van der Waals surface area contributed by atoms with Crippen LogP contribution in [-0.4, -0.2) is 40.8 Å². The molecule has 0 aliphatic rings. The molecule has 1 aromatic heterocycles. The normalized spacial score (nSPS) is 10.6. The third-order valence-electron chi connectivity index (χ3n) is 4.13. The van der Waals surface area contributed by atoms with Crippen LogP contribution in [0.2, 0.25) is 5.02 Å². The molecule has 8 heteroatoms. The Morgan fingerprint density at radius 1 is 1.14 bits per heavy atom. The summed E-state index contributed by atoms with van der Waals surface area (Å²) in [6.07, 6.45) is 1.79. The number of hydrogen-bond donors (Lipinski definition) is 1. The van der Waals surface area contributed by atoms with E-state index in [9.17, 15) is 9.59 Å². The second-order valence-electron chi connectivity index (χ2n) is 6.15. The van der Waals surface area contributed by atoms with Crippen LogP contribution in [-0.2, 0) is 20.9 Å². The average molecular weight is 430 g/mol. The van der Waals surface area contributed by atoms with Gasteiger partial charge in [-0.1, -0.05) is 65.8 Å². The molecule has 0 unspecified atom stereocenters. The Balaban J connectivity index is 1.80. The maximum absolute atomic E-state index is 12.0. The number of ether oxygens (including phenoxy) is 1. The van der Waals surface area contributed by atoms with Crippen molar-refractivity contribution < 1.29 is 14.3 Å². The molecule has 0 atom stereocenters. The van der Waals surface area contributed by atoms with Crippen molar-refractivity contribution in [3.05, 3.63) is 71.4 Å². The molecule has 29 heavy (non-hydrogen) atoms. The van der Waals surface area contributed by atoms with E-state index in [2.05, 4.69) is 19.6 Å². The largest absolute Gasteiger partial charge is 0.468 e. The monoisotopic (exact) mass is 429 g/mol. The van der Waals surface area contributed by atoms with Gasteiger partial charge in [-0.2, -0.15) is 0 Å². The number of thioether (sulfide) groups is 1. The predicted molar refractivity (Wildman–Crippen MR) is 114 cm³/mol. The van der Waals surface area contributed by atoms with Crippen molar-refractivity contribution in [3.8, 4) is 11.3 Å². The molecule has 150 valence electrons. The van der Waals surface area contributed by atoms with Gasteiger partial charge in [0, 0.05) is 5.02 Å². The van der Waals surface area contributed by atoms with E-state index in [1.54, 1.807) is 6.20 Å². The molecule has 3 aromatic rings. The lowest BCUT2D eigenvalue weighted by Gasteiger charge is -2.12. The Morgan fingerprint density at radius 3 is 2.55 bits per heavy atom. The maximum atomic E-state index is 12.0. The summed E-state index contributed by atoms with van der Waals surface area (Å²) in [5.41, 5.74) is 3.04. The minimum Gasteiger partial charge on any atom is -0.468 e. The number of imidazole rings is 1. The summed E-state index contributed by atoms with van der Waals surface area (Å²) < 4.78 is 6.59. The summed E-state index contributed by atoms with van der Waals surface area (Å²) in [7, 11) is 1.28. The van der Waals surface area contributed by atoms with Crippen molar-refractivity contribution >= 4 is 35.2 Å². The standard InChI is InChI=1S/C21H20ClN3O3S/c1-28-20(27)12-23-19(26)14-29-21-24-11-18(16-7-9-17(22)10-8-16)25(21)13-15-5-3-2-4-6-15/h2-11H,12-14H2,1H3,(H,23,26). The zero-order valence-corrected chi connectivity index (χ0v) is 17.4. The zero-order valence-electron chi connectivity index (χ0n) is 15.8. The molecule has 1 amide bonds. The van der Waals surface area contributed by atoms with Gasteiger partial charge < -0.3 is 14.6 Å². The van der Waals surface area contributed by atoms with E-state index in [0.717, 1.165) is 16.8 Å². The number of nitrogens with zero attached hydrogens (tertiary/aromatic N) is 2. The quantitative estimate of drug-likeness (QED) is 0.437. The van der Waals surface area contributed by atoms with Crippen LogP contribution < -0.4 is 5.32 Å². The highest BCUT2D eigenvalue weighted by Gasteiger charge is 2.15. The van der Waals surface area contributed by atoms with E-state index in [1.807, 2.05) is 54.6 Å². The van der Waals surface area contributed by atoms with Gasteiger partial charge in [-0.15, -0.1) is 0 Å². The molecule has 3 rings (SSSR count). The number of nitrogens with one attached hydrogen (secondary N) is 1. The first-order valence-electron chi connectivity index (χ1n) is 8.88. The van der Waals surface area contributed by atoms with Crippen LogP contribution in [0.1, 0.15) is 5.56 Å². The Bertz CT molecular complexity index is 975. The first-order valence-corrected chi connectivity index (χ1v) is 10.2. The fraction of sp³-hybridized carbons (Fsp3) is 0.190.